The third kappa shape index (κ3) is 5.18. The highest BCUT2D eigenvalue weighted by Gasteiger charge is 2.22. The van der Waals surface area contributed by atoms with Gasteiger partial charge in [0.15, 0.2) is 0 Å². The van der Waals surface area contributed by atoms with Crippen LogP contribution in [0.1, 0.15) is 69.7 Å². The van der Waals surface area contributed by atoms with Crippen LogP contribution in [-0.4, -0.2) is 22.0 Å². The van der Waals surface area contributed by atoms with Crippen LogP contribution in [0, 0.1) is 7.14 Å². The van der Waals surface area contributed by atoms with Crippen molar-refractivity contribution in [3.05, 3.63) is 65.3 Å². The van der Waals surface area contributed by atoms with Crippen LogP contribution in [0.4, 0.5) is 0 Å². The number of para-hydroxylation sites is 1. The first-order valence-corrected chi connectivity index (χ1v) is 13.4. The predicted molar refractivity (Wildman–Crippen MR) is 147 cm³/mol. The highest BCUT2D eigenvalue weighted by atomic mass is 127. The fourth-order valence-electron chi connectivity index (χ4n) is 4.05. The van der Waals surface area contributed by atoms with Crippen LogP contribution in [-0.2, 0) is 0 Å². The monoisotopic (exact) mass is 655 g/mol. The molecule has 1 heterocycles. The first kappa shape index (κ1) is 23.7. The van der Waals surface area contributed by atoms with Gasteiger partial charge in [-0.2, -0.15) is 9.78 Å². The Balaban J connectivity index is 1.75. The van der Waals surface area contributed by atoms with E-state index in [2.05, 4.69) is 64.1 Å². The molecule has 1 aliphatic rings. The first-order chi connectivity index (χ1) is 15.5. The average Bonchev–Trinajstić information content (AvgIpc) is 2.81. The highest BCUT2D eigenvalue weighted by molar-refractivity contribution is 14.1. The first-order valence-electron chi connectivity index (χ1n) is 11.2. The van der Waals surface area contributed by atoms with Crippen LogP contribution in [0.3, 0.4) is 0 Å². The molecule has 0 aliphatic heterocycles. The van der Waals surface area contributed by atoms with Gasteiger partial charge in [-0.25, -0.2) is 4.98 Å². The minimum Gasteiger partial charge on any atom is -0.489 e. The van der Waals surface area contributed by atoms with Crippen molar-refractivity contribution >= 4 is 62.3 Å². The smallest absolute Gasteiger partial charge is 0.282 e. The molecule has 168 valence electrons. The third-order valence-corrected chi connectivity index (χ3v) is 7.59. The Labute approximate surface area is 215 Å². The molecule has 0 saturated heterocycles. The summed E-state index contributed by atoms with van der Waals surface area (Å²) in [6, 6.07) is 11.6. The lowest BCUT2D eigenvalue weighted by Crippen LogP contribution is -2.25. The topological polar surface area (TPSA) is 56.5 Å². The van der Waals surface area contributed by atoms with Crippen LogP contribution in [0.5, 0.6) is 5.75 Å². The predicted octanol–water partition coefficient (Wildman–Crippen LogP) is 6.71. The van der Waals surface area contributed by atoms with Crippen molar-refractivity contribution < 1.29 is 4.74 Å². The largest absolute Gasteiger partial charge is 0.489 e. The van der Waals surface area contributed by atoms with E-state index in [0.717, 1.165) is 49.1 Å². The van der Waals surface area contributed by atoms with Crippen LogP contribution in [0.25, 0.3) is 10.9 Å². The fourth-order valence-corrected chi connectivity index (χ4v) is 6.12. The quantitative estimate of drug-likeness (QED) is 0.219. The van der Waals surface area contributed by atoms with Crippen molar-refractivity contribution in [2.24, 2.45) is 5.10 Å². The molecule has 1 fully saturated rings. The number of rotatable bonds is 6. The lowest BCUT2D eigenvalue weighted by molar-refractivity contribution is 0.214. The molecule has 2 aromatic carbocycles. The lowest BCUT2D eigenvalue weighted by atomic mass is 9.88. The summed E-state index contributed by atoms with van der Waals surface area (Å²) < 4.78 is 9.68. The maximum atomic E-state index is 13.3. The molecule has 32 heavy (non-hydrogen) atoms. The summed E-state index contributed by atoms with van der Waals surface area (Å²) in [5.41, 5.74) is 1.58. The van der Waals surface area contributed by atoms with Crippen LogP contribution < -0.4 is 10.3 Å². The van der Waals surface area contributed by atoms with Gasteiger partial charge in [-0.3, -0.25) is 4.79 Å². The molecule has 3 aromatic rings. The van der Waals surface area contributed by atoms with Gasteiger partial charge in [0.2, 0.25) is 0 Å². The molecule has 1 saturated carbocycles. The molecule has 0 bridgehead atoms. The van der Waals surface area contributed by atoms with Crippen molar-refractivity contribution in [1.29, 1.82) is 0 Å². The Bertz CT molecular complexity index is 1180. The summed E-state index contributed by atoms with van der Waals surface area (Å²) in [6.45, 7) is 4.19. The third-order valence-electron chi connectivity index (χ3n) is 5.99. The van der Waals surface area contributed by atoms with Gasteiger partial charge in [-0.05, 0) is 101 Å². The molecule has 1 aliphatic carbocycles. The van der Waals surface area contributed by atoms with E-state index in [-0.39, 0.29) is 17.6 Å². The van der Waals surface area contributed by atoms with Crippen LogP contribution in [0.2, 0.25) is 0 Å². The van der Waals surface area contributed by atoms with E-state index in [4.69, 9.17) is 9.72 Å². The number of benzene rings is 2. The average molecular weight is 655 g/mol. The molecule has 1 atom stereocenters. The van der Waals surface area contributed by atoms with Gasteiger partial charge in [-0.1, -0.05) is 38.3 Å². The second-order valence-corrected chi connectivity index (χ2v) is 10.7. The SMILES string of the molecule is CC[C@H](C)Oc1c(I)cc(C=Nn2c(C3CCCCC3)nc3ccccc3c2=O)cc1I. The minimum atomic E-state index is -0.103. The molecule has 0 N–H and O–H groups in total. The van der Waals surface area contributed by atoms with E-state index in [0.29, 0.717) is 5.39 Å². The lowest BCUT2D eigenvalue weighted by Gasteiger charge is -2.22. The van der Waals surface area contributed by atoms with Gasteiger partial charge >= 0.3 is 0 Å². The van der Waals surface area contributed by atoms with Gasteiger partial charge in [0.05, 0.1) is 30.4 Å². The Morgan fingerprint density at radius 2 is 1.88 bits per heavy atom. The molecule has 1 aromatic heterocycles. The second kappa shape index (κ2) is 10.6. The van der Waals surface area contributed by atoms with E-state index in [1.54, 1.807) is 6.21 Å². The maximum Gasteiger partial charge on any atom is 0.282 e. The zero-order valence-electron chi connectivity index (χ0n) is 18.4. The van der Waals surface area contributed by atoms with Crippen LogP contribution in [0.15, 0.2) is 46.3 Å². The number of nitrogens with zero attached hydrogens (tertiary/aromatic N) is 3. The standard InChI is InChI=1S/C25H27I2N3O2/c1-3-16(2)32-23-20(26)13-17(14-21(23)27)15-28-30-24(18-9-5-4-6-10-18)29-22-12-8-7-11-19(22)25(30)31/h7-8,11-16,18H,3-6,9-10H2,1-2H3/t16-/m0/s1. The Kier molecular flexibility index (Phi) is 7.86. The summed E-state index contributed by atoms with van der Waals surface area (Å²) in [6.07, 6.45) is 8.58. The molecular formula is C25H27I2N3O2. The Morgan fingerprint density at radius 1 is 1.19 bits per heavy atom. The second-order valence-electron chi connectivity index (χ2n) is 8.33. The molecule has 5 nitrogen and oxygen atoms in total. The molecule has 0 amide bonds. The van der Waals surface area contributed by atoms with Gasteiger partial charge in [0.1, 0.15) is 11.6 Å². The minimum absolute atomic E-state index is 0.103. The Morgan fingerprint density at radius 3 is 2.56 bits per heavy atom. The van der Waals surface area contributed by atoms with Crippen LogP contribution >= 0.6 is 45.2 Å². The number of hydrogen-bond donors (Lipinski definition) is 0. The summed E-state index contributed by atoms with van der Waals surface area (Å²) in [7, 11) is 0. The molecule has 0 radical (unpaired) electrons. The number of fused-ring (bicyclic) bond motifs is 1. The van der Waals surface area contributed by atoms with E-state index in [1.165, 1.54) is 23.9 Å². The van der Waals surface area contributed by atoms with Crippen molar-refractivity contribution in [3.8, 4) is 5.75 Å². The summed E-state index contributed by atoms with van der Waals surface area (Å²) in [5.74, 6) is 1.96. The van der Waals surface area contributed by atoms with E-state index in [9.17, 15) is 4.79 Å². The van der Waals surface area contributed by atoms with Crippen molar-refractivity contribution in [1.82, 2.24) is 9.66 Å². The molecule has 0 spiro atoms. The number of hydrogen-bond acceptors (Lipinski definition) is 4. The normalized spacial score (nSPS) is 16.0. The number of halogens is 2. The van der Waals surface area contributed by atoms with Gasteiger partial charge in [0.25, 0.3) is 5.56 Å². The van der Waals surface area contributed by atoms with Crippen molar-refractivity contribution in [2.45, 2.75) is 64.4 Å². The molecule has 0 unspecified atom stereocenters. The van der Waals surface area contributed by atoms with Crippen molar-refractivity contribution in [3.63, 3.8) is 0 Å². The van der Waals surface area contributed by atoms with Gasteiger partial charge < -0.3 is 4.74 Å². The Hall–Kier alpha value is -1.49. The molecular weight excluding hydrogens is 628 g/mol. The van der Waals surface area contributed by atoms with Gasteiger partial charge in [-0.15, -0.1) is 0 Å². The van der Waals surface area contributed by atoms with E-state index >= 15 is 0 Å². The maximum absolute atomic E-state index is 13.3. The number of ether oxygens (including phenoxy) is 1. The molecule has 4 rings (SSSR count). The molecule has 7 heteroatoms. The fraction of sp³-hybridized carbons (Fsp3) is 0.400. The van der Waals surface area contributed by atoms with E-state index in [1.807, 2.05) is 36.4 Å². The summed E-state index contributed by atoms with van der Waals surface area (Å²) >= 11 is 4.61. The zero-order chi connectivity index (χ0) is 22.7. The summed E-state index contributed by atoms with van der Waals surface area (Å²) in [4.78, 5) is 18.2. The zero-order valence-corrected chi connectivity index (χ0v) is 22.7. The van der Waals surface area contributed by atoms with Crippen molar-refractivity contribution in [2.75, 3.05) is 0 Å². The summed E-state index contributed by atoms with van der Waals surface area (Å²) in [5, 5.41) is 5.26. The van der Waals surface area contributed by atoms with Gasteiger partial charge in [0, 0.05) is 5.92 Å². The van der Waals surface area contributed by atoms with E-state index < -0.39 is 0 Å². The number of aromatic nitrogens is 2. The highest BCUT2D eigenvalue weighted by Crippen LogP contribution is 2.32.